The van der Waals surface area contributed by atoms with Crippen molar-refractivity contribution in [3.05, 3.63) is 69.4 Å². The number of nitrogens with zero attached hydrogens (tertiary/aromatic N) is 1. The number of fused-ring (bicyclic) bond motifs is 1. The standard InChI is InChI=1S/C34H51N3O2/c1-8-12-26(37(19-9-2)20-11-21-38)17-18-36-31-25(10-3)14-16-28-30(31)32(39)29(33(35)34(28,6)7)27-15-13-23(4)22-24(27)5/h13-16,22,26,36,38H,8-12,17-21,35H2,1-7H3. The van der Waals surface area contributed by atoms with Gasteiger partial charge in [0.15, 0.2) is 5.78 Å². The van der Waals surface area contributed by atoms with Gasteiger partial charge < -0.3 is 21.1 Å². The number of benzene rings is 2. The number of anilines is 1. The molecule has 3 rings (SSSR count). The van der Waals surface area contributed by atoms with Gasteiger partial charge in [-0.1, -0.05) is 76.9 Å². The number of rotatable bonds is 14. The van der Waals surface area contributed by atoms with E-state index in [1.807, 2.05) is 6.07 Å². The second-order valence-corrected chi connectivity index (χ2v) is 11.7. The summed E-state index contributed by atoms with van der Waals surface area (Å²) in [5.41, 5.74) is 14.7. The highest BCUT2D eigenvalue weighted by atomic mass is 16.3. The Bertz CT molecular complexity index is 1180. The monoisotopic (exact) mass is 533 g/mol. The van der Waals surface area contributed by atoms with Crippen molar-refractivity contribution in [2.75, 3.05) is 31.6 Å². The van der Waals surface area contributed by atoms with Crippen LogP contribution >= 0.6 is 0 Å². The summed E-state index contributed by atoms with van der Waals surface area (Å²) in [6.45, 7) is 18.0. The Morgan fingerprint density at radius 2 is 1.77 bits per heavy atom. The van der Waals surface area contributed by atoms with Gasteiger partial charge in [0.2, 0.25) is 0 Å². The van der Waals surface area contributed by atoms with E-state index in [-0.39, 0.29) is 12.4 Å². The van der Waals surface area contributed by atoms with Crippen LogP contribution in [0.25, 0.3) is 5.57 Å². The molecule has 4 N–H and O–H groups in total. The zero-order valence-corrected chi connectivity index (χ0v) is 25.4. The van der Waals surface area contributed by atoms with Crippen LogP contribution in [0.4, 0.5) is 5.69 Å². The molecule has 0 saturated heterocycles. The zero-order chi connectivity index (χ0) is 28.7. The number of nitrogens with one attached hydrogen (secondary N) is 1. The second kappa shape index (κ2) is 13.6. The number of aliphatic hydroxyl groups is 1. The maximum atomic E-state index is 14.3. The molecule has 1 aliphatic carbocycles. The normalized spacial score (nSPS) is 15.6. The van der Waals surface area contributed by atoms with Crippen molar-refractivity contribution in [3.8, 4) is 0 Å². The molecule has 0 aromatic heterocycles. The third-order valence-corrected chi connectivity index (χ3v) is 8.43. The topological polar surface area (TPSA) is 78.6 Å². The number of ketones is 1. The van der Waals surface area contributed by atoms with Gasteiger partial charge in [0.25, 0.3) is 0 Å². The van der Waals surface area contributed by atoms with Crippen LogP contribution in [0.5, 0.6) is 0 Å². The highest BCUT2D eigenvalue weighted by Crippen LogP contribution is 2.45. The number of aliphatic hydroxyl groups excluding tert-OH is 1. The van der Waals surface area contributed by atoms with Crippen molar-refractivity contribution in [1.29, 1.82) is 0 Å². The molecule has 0 heterocycles. The van der Waals surface area contributed by atoms with Crippen LogP contribution in [-0.2, 0) is 11.8 Å². The fraction of sp³-hybridized carbons (Fsp3) is 0.559. The van der Waals surface area contributed by atoms with Gasteiger partial charge in [0.05, 0.1) is 5.56 Å². The number of nitrogens with two attached hydrogens (primary N) is 1. The second-order valence-electron chi connectivity index (χ2n) is 11.7. The van der Waals surface area contributed by atoms with Gasteiger partial charge in [0, 0.05) is 48.1 Å². The highest BCUT2D eigenvalue weighted by molar-refractivity contribution is 6.33. The van der Waals surface area contributed by atoms with Crippen molar-refractivity contribution in [3.63, 3.8) is 0 Å². The summed E-state index contributed by atoms with van der Waals surface area (Å²) >= 11 is 0. The number of carbonyl (C=O) groups excluding carboxylic acids is 1. The van der Waals surface area contributed by atoms with Crippen LogP contribution in [0.1, 0.15) is 105 Å². The summed E-state index contributed by atoms with van der Waals surface area (Å²) in [6, 6.07) is 11.0. The molecule has 39 heavy (non-hydrogen) atoms. The van der Waals surface area contributed by atoms with Crippen LogP contribution < -0.4 is 11.1 Å². The largest absolute Gasteiger partial charge is 0.401 e. The number of hydrogen-bond donors (Lipinski definition) is 3. The molecule has 1 aliphatic rings. The molecular formula is C34H51N3O2. The average molecular weight is 534 g/mol. The third kappa shape index (κ3) is 6.58. The smallest absolute Gasteiger partial charge is 0.197 e. The first-order valence-electron chi connectivity index (χ1n) is 15.0. The first-order valence-corrected chi connectivity index (χ1v) is 15.0. The van der Waals surface area contributed by atoms with Gasteiger partial charge in [-0.2, -0.15) is 0 Å². The maximum absolute atomic E-state index is 14.3. The Labute approximate surface area is 236 Å². The van der Waals surface area contributed by atoms with Crippen LogP contribution in [0.3, 0.4) is 0 Å². The van der Waals surface area contributed by atoms with E-state index >= 15 is 0 Å². The van der Waals surface area contributed by atoms with Gasteiger partial charge >= 0.3 is 0 Å². The Morgan fingerprint density at radius 3 is 2.38 bits per heavy atom. The molecule has 5 nitrogen and oxygen atoms in total. The molecule has 5 heteroatoms. The predicted octanol–water partition coefficient (Wildman–Crippen LogP) is 6.77. The van der Waals surface area contributed by atoms with Gasteiger partial charge in [0.1, 0.15) is 0 Å². The third-order valence-electron chi connectivity index (χ3n) is 8.43. The number of hydrogen-bond acceptors (Lipinski definition) is 5. The molecule has 1 unspecified atom stereocenters. The first kappa shape index (κ1) is 30.9. The van der Waals surface area contributed by atoms with E-state index in [9.17, 15) is 9.90 Å². The summed E-state index contributed by atoms with van der Waals surface area (Å²) in [6.07, 6.45) is 6.00. The van der Waals surface area contributed by atoms with Crippen LogP contribution in [0, 0.1) is 13.8 Å². The Kier molecular flexibility index (Phi) is 10.8. The van der Waals surface area contributed by atoms with Gasteiger partial charge in [-0.3, -0.25) is 4.79 Å². The quantitative estimate of drug-likeness (QED) is 0.250. The van der Waals surface area contributed by atoms with Crippen molar-refractivity contribution >= 4 is 17.0 Å². The van der Waals surface area contributed by atoms with E-state index in [2.05, 4.69) is 82.9 Å². The predicted molar refractivity (Wildman–Crippen MR) is 166 cm³/mol. The van der Waals surface area contributed by atoms with Crippen molar-refractivity contribution in [1.82, 2.24) is 4.90 Å². The van der Waals surface area contributed by atoms with Crippen molar-refractivity contribution in [2.24, 2.45) is 5.73 Å². The molecule has 0 amide bonds. The van der Waals surface area contributed by atoms with Gasteiger partial charge in [-0.25, -0.2) is 0 Å². The number of carbonyl (C=O) groups is 1. The minimum atomic E-state index is -0.467. The van der Waals surface area contributed by atoms with E-state index in [0.29, 0.717) is 17.3 Å². The SMILES string of the molecule is CCCC(CCNc1c(CC)ccc2c1C(=O)C(c1ccc(C)cc1C)=C(N)C2(C)C)N(CCC)CCCO. The van der Waals surface area contributed by atoms with Crippen molar-refractivity contribution in [2.45, 2.75) is 98.4 Å². The summed E-state index contributed by atoms with van der Waals surface area (Å²) < 4.78 is 0. The molecule has 2 aromatic rings. The molecule has 0 saturated carbocycles. The van der Waals surface area contributed by atoms with E-state index in [4.69, 9.17) is 5.73 Å². The average Bonchev–Trinajstić information content (AvgIpc) is 2.90. The molecule has 0 fully saturated rings. The lowest BCUT2D eigenvalue weighted by Gasteiger charge is -2.37. The fourth-order valence-electron chi connectivity index (χ4n) is 6.21. The van der Waals surface area contributed by atoms with E-state index in [1.165, 1.54) is 5.56 Å². The van der Waals surface area contributed by atoms with E-state index in [0.717, 1.165) is 91.7 Å². The molecule has 2 aromatic carbocycles. The Morgan fingerprint density at radius 1 is 1.03 bits per heavy atom. The van der Waals surface area contributed by atoms with E-state index in [1.54, 1.807) is 0 Å². The van der Waals surface area contributed by atoms with Crippen LogP contribution in [0.2, 0.25) is 0 Å². The molecule has 0 bridgehead atoms. The zero-order valence-electron chi connectivity index (χ0n) is 25.4. The fourth-order valence-corrected chi connectivity index (χ4v) is 6.21. The lowest BCUT2D eigenvalue weighted by Crippen LogP contribution is -2.38. The summed E-state index contributed by atoms with van der Waals surface area (Å²) in [4.78, 5) is 16.9. The molecule has 0 spiro atoms. The minimum absolute atomic E-state index is 0.0206. The van der Waals surface area contributed by atoms with Gasteiger partial charge in [-0.05, 0) is 74.8 Å². The maximum Gasteiger partial charge on any atom is 0.197 e. The first-order chi connectivity index (χ1) is 18.6. The van der Waals surface area contributed by atoms with Crippen LogP contribution in [0.15, 0.2) is 36.0 Å². The Balaban J connectivity index is 2.00. The number of aryl methyl sites for hydroxylation is 3. The van der Waals surface area contributed by atoms with Gasteiger partial charge in [-0.15, -0.1) is 0 Å². The Hall–Kier alpha value is -2.63. The summed E-state index contributed by atoms with van der Waals surface area (Å²) in [7, 11) is 0. The van der Waals surface area contributed by atoms with Crippen molar-refractivity contribution < 1.29 is 9.90 Å². The lowest BCUT2D eigenvalue weighted by atomic mass is 9.69. The molecular weight excluding hydrogens is 482 g/mol. The summed E-state index contributed by atoms with van der Waals surface area (Å²) in [5.74, 6) is 0.0206. The van der Waals surface area contributed by atoms with E-state index < -0.39 is 5.41 Å². The molecule has 0 radical (unpaired) electrons. The molecule has 1 atom stereocenters. The number of Topliss-reactive ketones (excluding diaryl/α,β-unsaturated/α-hetero) is 1. The molecule has 0 aliphatic heterocycles. The van der Waals surface area contributed by atoms with Crippen LogP contribution in [-0.4, -0.2) is 48.1 Å². The molecule has 214 valence electrons. The minimum Gasteiger partial charge on any atom is -0.401 e. The lowest BCUT2D eigenvalue weighted by molar-refractivity contribution is 0.105. The summed E-state index contributed by atoms with van der Waals surface area (Å²) in [5, 5.41) is 13.2. The highest BCUT2D eigenvalue weighted by Gasteiger charge is 2.40. The number of allylic oxidation sites excluding steroid dienone is 2.